The van der Waals surface area contributed by atoms with Gasteiger partial charge in [0, 0.05) is 0 Å². The summed E-state index contributed by atoms with van der Waals surface area (Å²) in [5.74, 6) is 2.44. The van der Waals surface area contributed by atoms with Crippen LogP contribution < -0.4 is 0 Å². The molecule has 0 N–H and O–H groups in total. The van der Waals surface area contributed by atoms with Crippen LogP contribution in [0.1, 0.15) is 25.0 Å². The lowest BCUT2D eigenvalue weighted by molar-refractivity contribution is 1.06. The van der Waals surface area contributed by atoms with Crippen molar-refractivity contribution in [2.24, 2.45) is 0 Å². The molecule has 0 fully saturated rings. The highest BCUT2D eigenvalue weighted by Gasteiger charge is 2.01. The standard InChI is InChI=1S/C14H20S/c1-4-15-10-9-13-7-5-6-8-14(13)11-12(2)3/h5-8H,2,4,9-11H2,1,3H3. The molecule has 0 atom stereocenters. The normalized spacial score (nSPS) is 10.3. The van der Waals surface area contributed by atoms with Gasteiger partial charge in [0.05, 0.1) is 0 Å². The second-order valence-corrected chi connectivity index (χ2v) is 5.24. The highest BCUT2D eigenvalue weighted by atomic mass is 32.2. The first-order valence-electron chi connectivity index (χ1n) is 5.53. The molecular weight excluding hydrogens is 200 g/mol. The summed E-state index contributed by atoms with van der Waals surface area (Å²) in [6.45, 7) is 8.29. The van der Waals surface area contributed by atoms with Crippen LogP contribution in [0.5, 0.6) is 0 Å². The van der Waals surface area contributed by atoms with E-state index in [4.69, 9.17) is 0 Å². The predicted octanol–water partition coefficient (Wildman–Crippen LogP) is 4.10. The molecule has 1 aromatic carbocycles. The van der Waals surface area contributed by atoms with Crippen molar-refractivity contribution in [3.8, 4) is 0 Å². The van der Waals surface area contributed by atoms with E-state index in [0.717, 1.165) is 6.42 Å². The first-order chi connectivity index (χ1) is 7.24. The van der Waals surface area contributed by atoms with E-state index in [1.165, 1.54) is 34.6 Å². The fraction of sp³-hybridized carbons (Fsp3) is 0.429. The molecule has 0 aromatic heterocycles. The van der Waals surface area contributed by atoms with Gasteiger partial charge in [-0.1, -0.05) is 43.3 Å². The average molecular weight is 220 g/mol. The Labute approximate surface area is 97.8 Å². The molecular formula is C14H20S. The van der Waals surface area contributed by atoms with Crippen LogP contribution in [-0.2, 0) is 12.8 Å². The van der Waals surface area contributed by atoms with Gasteiger partial charge in [0.2, 0.25) is 0 Å². The average Bonchev–Trinajstić information content (AvgIpc) is 2.20. The summed E-state index contributed by atoms with van der Waals surface area (Å²) in [6, 6.07) is 8.72. The molecule has 0 aliphatic heterocycles. The Hall–Kier alpha value is -0.690. The number of hydrogen-bond donors (Lipinski definition) is 0. The Balaban J connectivity index is 2.64. The van der Waals surface area contributed by atoms with Crippen molar-refractivity contribution in [1.82, 2.24) is 0 Å². The molecule has 0 bridgehead atoms. The van der Waals surface area contributed by atoms with Gasteiger partial charge >= 0.3 is 0 Å². The maximum atomic E-state index is 3.98. The second kappa shape index (κ2) is 6.73. The zero-order chi connectivity index (χ0) is 11.1. The number of aryl methyl sites for hydroxylation is 1. The lowest BCUT2D eigenvalue weighted by Gasteiger charge is -2.08. The van der Waals surface area contributed by atoms with Crippen molar-refractivity contribution in [2.45, 2.75) is 26.7 Å². The van der Waals surface area contributed by atoms with Gasteiger partial charge in [-0.2, -0.15) is 11.8 Å². The van der Waals surface area contributed by atoms with Crippen molar-refractivity contribution in [3.05, 3.63) is 47.5 Å². The van der Waals surface area contributed by atoms with Crippen LogP contribution in [0.25, 0.3) is 0 Å². The summed E-state index contributed by atoms with van der Waals surface area (Å²) >= 11 is 2.01. The molecule has 0 saturated carbocycles. The highest BCUT2D eigenvalue weighted by Crippen LogP contribution is 2.15. The van der Waals surface area contributed by atoms with Crippen molar-refractivity contribution >= 4 is 11.8 Å². The van der Waals surface area contributed by atoms with Crippen molar-refractivity contribution in [1.29, 1.82) is 0 Å². The van der Waals surface area contributed by atoms with Gasteiger partial charge in [0.25, 0.3) is 0 Å². The smallest absolute Gasteiger partial charge is 0.00270 e. The maximum absolute atomic E-state index is 3.98. The molecule has 1 rings (SSSR count). The first-order valence-corrected chi connectivity index (χ1v) is 6.68. The number of hydrogen-bond acceptors (Lipinski definition) is 1. The maximum Gasteiger partial charge on any atom is -0.00270 e. The van der Waals surface area contributed by atoms with Gasteiger partial charge in [-0.25, -0.2) is 0 Å². The molecule has 0 saturated heterocycles. The predicted molar refractivity (Wildman–Crippen MR) is 71.7 cm³/mol. The van der Waals surface area contributed by atoms with Crippen molar-refractivity contribution in [2.75, 3.05) is 11.5 Å². The minimum absolute atomic E-state index is 1.02. The molecule has 0 amide bonds. The number of thioether (sulfide) groups is 1. The molecule has 82 valence electrons. The largest absolute Gasteiger partial charge is 0.162 e. The Kier molecular flexibility index (Phi) is 5.56. The minimum Gasteiger partial charge on any atom is -0.162 e. The summed E-state index contributed by atoms with van der Waals surface area (Å²) in [6.07, 6.45) is 2.20. The minimum atomic E-state index is 1.02. The van der Waals surface area contributed by atoms with Crippen LogP contribution in [0.3, 0.4) is 0 Å². The molecule has 1 heteroatoms. The summed E-state index contributed by atoms with van der Waals surface area (Å²) in [7, 11) is 0. The highest BCUT2D eigenvalue weighted by molar-refractivity contribution is 7.99. The van der Waals surface area contributed by atoms with Gasteiger partial charge in [-0.3, -0.25) is 0 Å². The zero-order valence-corrected chi connectivity index (χ0v) is 10.6. The van der Waals surface area contributed by atoms with Gasteiger partial charge in [0.15, 0.2) is 0 Å². The Bertz CT molecular complexity index is 315. The van der Waals surface area contributed by atoms with E-state index in [1.807, 2.05) is 11.8 Å². The van der Waals surface area contributed by atoms with E-state index in [9.17, 15) is 0 Å². The molecule has 0 radical (unpaired) electrons. The zero-order valence-electron chi connectivity index (χ0n) is 9.75. The molecule has 0 unspecified atom stereocenters. The van der Waals surface area contributed by atoms with Crippen LogP contribution >= 0.6 is 11.8 Å². The Morgan fingerprint density at radius 2 is 1.93 bits per heavy atom. The Morgan fingerprint density at radius 1 is 1.27 bits per heavy atom. The number of benzene rings is 1. The fourth-order valence-corrected chi connectivity index (χ4v) is 2.28. The van der Waals surface area contributed by atoms with Gasteiger partial charge in [-0.05, 0) is 42.4 Å². The van der Waals surface area contributed by atoms with Gasteiger partial charge in [0.1, 0.15) is 0 Å². The van der Waals surface area contributed by atoms with E-state index in [-0.39, 0.29) is 0 Å². The number of allylic oxidation sites excluding steroid dienone is 1. The lowest BCUT2D eigenvalue weighted by Crippen LogP contribution is -1.96. The van der Waals surface area contributed by atoms with E-state index < -0.39 is 0 Å². The third-order valence-electron chi connectivity index (χ3n) is 2.33. The first kappa shape index (κ1) is 12.4. The third kappa shape index (κ3) is 4.57. The SMILES string of the molecule is C=C(C)Cc1ccccc1CCSCC. The van der Waals surface area contributed by atoms with E-state index in [2.05, 4.69) is 44.7 Å². The topological polar surface area (TPSA) is 0 Å². The molecule has 0 nitrogen and oxygen atoms in total. The van der Waals surface area contributed by atoms with Crippen LogP contribution in [0.4, 0.5) is 0 Å². The monoisotopic (exact) mass is 220 g/mol. The van der Waals surface area contributed by atoms with Gasteiger partial charge in [-0.15, -0.1) is 0 Å². The van der Waals surface area contributed by atoms with Crippen molar-refractivity contribution in [3.63, 3.8) is 0 Å². The van der Waals surface area contributed by atoms with Crippen LogP contribution in [0.2, 0.25) is 0 Å². The third-order valence-corrected chi connectivity index (χ3v) is 3.23. The van der Waals surface area contributed by atoms with E-state index >= 15 is 0 Å². The van der Waals surface area contributed by atoms with Crippen molar-refractivity contribution < 1.29 is 0 Å². The lowest BCUT2D eigenvalue weighted by atomic mass is 10.00. The molecule has 0 spiro atoms. The molecule has 1 aromatic rings. The fourth-order valence-electron chi connectivity index (χ4n) is 1.63. The van der Waals surface area contributed by atoms with E-state index in [1.54, 1.807) is 0 Å². The number of rotatable bonds is 6. The van der Waals surface area contributed by atoms with E-state index in [0.29, 0.717) is 0 Å². The van der Waals surface area contributed by atoms with Crippen LogP contribution in [-0.4, -0.2) is 11.5 Å². The Morgan fingerprint density at radius 3 is 2.53 bits per heavy atom. The summed E-state index contributed by atoms with van der Waals surface area (Å²) in [4.78, 5) is 0. The second-order valence-electron chi connectivity index (χ2n) is 3.85. The summed E-state index contributed by atoms with van der Waals surface area (Å²) in [5, 5.41) is 0. The molecule has 0 aliphatic rings. The summed E-state index contributed by atoms with van der Waals surface area (Å²) < 4.78 is 0. The molecule has 0 aliphatic carbocycles. The van der Waals surface area contributed by atoms with Crippen LogP contribution in [0.15, 0.2) is 36.4 Å². The molecule has 0 heterocycles. The quantitative estimate of drug-likeness (QED) is 0.514. The van der Waals surface area contributed by atoms with Gasteiger partial charge < -0.3 is 0 Å². The molecule has 15 heavy (non-hydrogen) atoms. The summed E-state index contributed by atoms with van der Waals surface area (Å²) in [5.41, 5.74) is 4.17. The van der Waals surface area contributed by atoms with Crippen LogP contribution in [0, 0.1) is 0 Å².